The van der Waals surface area contributed by atoms with E-state index < -0.39 is 0 Å². The van der Waals surface area contributed by atoms with E-state index in [4.69, 9.17) is 4.99 Å². The Morgan fingerprint density at radius 2 is 2.00 bits per heavy atom. The maximum absolute atomic E-state index is 13.4. The summed E-state index contributed by atoms with van der Waals surface area (Å²) in [4.78, 5) is 19.9. The van der Waals surface area contributed by atoms with Gasteiger partial charge in [-0.15, -0.1) is 11.3 Å². The van der Waals surface area contributed by atoms with Crippen molar-refractivity contribution in [1.29, 1.82) is 0 Å². The minimum absolute atomic E-state index is 0.0552. The maximum Gasteiger partial charge on any atom is 0.153 e. The van der Waals surface area contributed by atoms with Crippen molar-refractivity contribution < 1.29 is 4.79 Å². The summed E-state index contributed by atoms with van der Waals surface area (Å²) in [6.45, 7) is 5.41. The van der Waals surface area contributed by atoms with E-state index in [1.807, 2.05) is 17.5 Å². The van der Waals surface area contributed by atoms with Gasteiger partial charge in [0.1, 0.15) is 5.00 Å². The summed E-state index contributed by atoms with van der Waals surface area (Å²) < 4.78 is 0. The van der Waals surface area contributed by atoms with Crippen molar-refractivity contribution >= 4 is 27.8 Å². The molecule has 0 radical (unpaired) electrons. The van der Waals surface area contributed by atoms with E-state index in [0.717, 1.165) is 37.2 Å². The molecule has 4 nitrogen and oxygen atoms in total. The van der Waals surface area contributed by atoms with Crippen LogP contribution in [0, 0.1) is 17.8 Å². The predicted octanol–water partition coefficient (Wildman–Crippen LogP) is 5.86. The number of allylic oxidation sites excluding steroid dienone is 1. The van der Waals surface area contributed by atoms with Crippen LogP contribution >= 0.6 is 11.3 Å². The number of nitrogens with one attached hydrogen (secondary N) is 2. The number of hydrogen-bond donors (Lipinski definition) is 2. The second-order valence-corrected chi connectivity index (χ2v) is 11.1. The summed E-state index contributed by atoms with van der Waals surface area (Å²) in [7, 11) is 0. The molecule has 1 aromatic rings. The van der Waals surface area contributed by atoms with Gasteiger partial charge in [0.25, 0.3) is 0 Å². The zero-order chi connectivity index (χ0) is 20.7. The van der Waals surface area contributed by atoms with E-state index in [-0.39, 0.29) is 12.0 Å². The molecule has 5 heteroatoms. The first-order valence-corrected chi connectivity index (χ1v) is 12.8. The topological polar surface area (TPSA) is 53.5 Å². The van der Waals surface area contributed by atoms with Gasteiger partial charge in [-0.25, -0.2) is 0 Å². The number of thiophene rings is 1. The molecule has 2 saturated heterocycles. The van der Waals surface area contributed by atoms with Crippen molar-refractivity contribution in [3.8, 4) is 0 Å². The van der Waals surface area contributed by atoms with Crippen LogP contribution in [-0.4, -0.2) is 24.1 Å². The van der Waals surface area contributed by atoms with Gasteiger partial charge in [-0.05, 0) is 69.4 Å². The Kier molecular flexibility index (Phi) is 5.85. The van der Waals surface area contributed by atoms with Crippen LogP contribution in [-0.2, 0) is 4.79 Å². The van der Waals surface area contributed by atoms with Gasteiger partial charge in [0.2, 0.25) is 0 Å². The average Bonchev–Trinajstić information content (AvgIpc) is 3.14. The first-order chi connectivity index (χ1) is 14.6. The molecule has 0 aromatic carbocycles. The number of Topliss-reactive ketones (excluding diaryl/α,β-unsaturated/α-hetero) is 1. The third kappa shape index (κ3) is 4.03. The molecule has 2 aliphatic carbocycles. The lowest BCUT2D eigenvalue weighted by Crippen LogP contribution is -2.50. The van der Waals surface area contributed by atoms with E-state index in [1.165, 1.54) is 54.0 Å². The number of ketones is 1. The van der Waals surface area contributed by atoms with Crippen molar-refractivity contribution in [3.63, 3.8) is 0 Å². The van der Waals surface area contributed by atoms with Gasteiger partial charge in [-0.2, -0.15) is 0 Å². The molecule has 5 aliphatic rings. The van der Waals surface area contributed by atoms with Crippen LogP contribution in [0.1, 0.15) is 88.0 Å². The summed E-state index contributed by atoms with van der Waals surface area (Å²) in [5.74, 6) is 2.51. The molecule has 2 bridgehead atoms. The fraction of sp³-hybridized carbons (Fsp3) is 0.680. The van der Waals surface area contributed by atoms with E-state index in [1.54, 1.807) is 0 Å². The van der Waals surface area contributed by atoms with Crippen LogP contribution in [0.2, 0.25) is 0 Å². The highest BCUT2D eigenvalue weighted by Gasteiger charge is 2.38. The van der Waals surface area contributed by atoms with Crippen molar-refractivity contribution in [2.75, 3.05) is 11.9 Å². The normalized spacial score (nSPS) is 32.4. The monoisotopic (exact) mass is 425 g/mol. The number of carbonyl (C=O) groups is 1. The van der Waals surface area contributed by atoms with Crippen molar-refractivity contribution in [2.45, 2.75) is 83.6 Å². The molecule has 0 spiro atoms. The van der Waals surface area contributed by atoms with Crippen molar-refractivity contribution in [1.82, 2.24) is 5.32 Å². The third-order valence-electron chi connectivity index (χ3n) is 7.89. The Hall–Kier alpha value is -1.46. The second-order valence-electron chi connectivity index (χ2n) is 10.0. The number of carbonyl (C=O) groups excluding carboxylic acids is 1. The fourth-order valence-electron chi connectivity index (χ4n) is 6.02. The largest absolute Gasteiger partial charge is 0.351 e. The van der Waals surface area contributed by atoms with Crippen LogP contribution in [0.4, 0.5) is 5.00 Å². The molecule has 0 amide bonds. The molecular formula is C25H35N3OS. The Bertz CT molecular complexity index is 856. The third-order valence-corrected chi connectivity index (χ3v) is 9.12. The van der Waals surface area contributed by atoms with E-state index in [0.29, 0.717) is 23.5 Å². The zero-order valence-electron chi connectivity index (χ0n) is 18.4. The molecule has 4 fully saturated rings. The highest BCUT2D eigenvalue weighted by atomic mass is 32.1. The molecule has 4 atom stereocenters. The molecule has 3 unspecified atom stereocenters. The van der Waals surface area contributed by atoms with Gasteiger partial charge in [0, 0.05) is 29.0 Å². The van der Waals surface area contributed by atoms with E-state index in [2.05, 4.69) is 30.5 Å². The lowest BCUT2D eigenvalue weighted by Gasteiger charge is -2.39. The van der Waals surface area contributed by atoms with Crippen molar-refractivity contribution in [3.05, 3.63) is 28.4 Å². The summed E-state index contributed by atoms with van der Waals surface area (Å²) in [6, 6.07) is 2.45. The second kappa shape index (κ2) is 8.58. The molecular weight excluding hydrogens is 390 g/mol. The number of fused-ring (bicyclic) bond motifs is 6. The number of aliphatic imine (C=N–C) groups is 1. The maximum atomic E-state index is 13.4. The average molecular weight is 426 g/mol. The number of rotatable bonds is 3. The van der Waals surface area contributed by atoms with Crippen LogP contribution in [0.15, 0.2) is 23.0 Å². The fourth-order valence-corrected chi connectivity index (χ4v) is 7.24. The lowest BCUT2D eigenvalue weighted by molar-refractivity contribution is -0.127. The molecule has 4 heterocycles. The first kappa shape index (κ1) is 20.4. The number of piperidine rings is 1. The summed E-state index contributed by atoms with van der Waals surface area (Å²) >= 11 is 1.91. The lowest BCUT2D eigenvalue weighted by atomic mass is 9.72. The van der Waals surface area contributed by atoms with Crippen LogP contribution < -0.4 is 10.6 Å². The standard InChI is InChI=1S/C25H35N3OS/c1-15-10-19(24(29)21-9-8-18(15)14-26-21)11-22-20-12-23(17-6-4-3-5-7-17)30-25(20)27-13-16(2)28-22/h12-13,15,17-19,21,26-27H,3-11,14H2,1-2H3/t15-,18?,19?,21?/m1/s1. The number of nitrogens with zero attached hydrogens (tertiary/aromatic N) is 1. The Morgan fingerprint density at radius 1 is 1.17 bits per heavy atom. The summed E-state index contributed by atoms with van der Waals surface area (Å²) in [6.07, 6.45) is 12.7. The Balaban J connectivity index is 1.42. The number of hydrogen-bond acceptors (Lipinski definition) is 5. The molecule has 1 aromatic heterocycles. The molecule has 2 N–H and O–H groups in total. The van der Waals surface area contributed by atoms with Gasteiger partial charge >= 0.3 is 0 Å². The predicted molar refractivity (Wildman–Crippen MR) is 125 cm³/mol. The van der Waals surface area contributed by atoms with E-state index >= 15 is 0 Å². The van der Waals surface area contributed by atoms with Gasteiger partial charge in [-0.3, -0.25) is 9.79 Å². The van der Waals surface area contributed by atoms with Gasteiger partial charge in [0.05, 0.1) is 17.5 Å². The Morgan fingerprint density at radius 3 is 2.77 bits per heavy atom. The zero-order valence-corrected chi connectivity index (χ0v) is 19.2. The first-order valence-electron chi connectivity index (χ1n) is 12.0. The van der Waals surface area contributed by atoms with Gasteiger partial charge < -0.3 is 10.6 Å². The van der Waals surface area contributed by atoms with Crippen molar-refractivity contribution in [2.24, 2.45) is 22.7 Å². The Labute approximate surface area is 184 Å². The highest BCUT2D eigenvalue weighted by Crippen LogP contribution is 2.42. The van der Waals surface area contributed by atoms with Crippen LogP contribution in [0.3, 0.4) is 0 Å². The molecule has 162 valence electrons. The quantitative estimate of drug-likeness (QED) is 0.638. The highest BCUT2D eigenvalue weighted by molar-refractivity contribution is 7.16. The smallest absolute Gasteiger partial charge is 0.153 e. The summed E-state index contributed by atoms with van der Waals surface area (Å²) in [5.41, 5.74) is 3.36. The minimum atomic E-state index is 0.0552. The molecule has 6 rings (SSSR count). The van der Waals surface area contributed by atoms with Crippen LogP contribution in [0.25, 0.3) is 0 Å². The summed E-state index contributed by atoms with van der Waals surface area (Å²) in [5, 5.41) is 8.28. The van der Waals surface area contributed by atoms with Gasteiger partial charge in [0.15, 0.2) is 5.78 Å². The minimum Gasteiger partial charge on any atom is -0.351 e. The SMILES string of the molecule is CC1=CNc2sc(C3CCCCC3)cc2C(CC2C[C@@H](C)C3CCC(NC3)C2=O)=N1. The molecule has 3 aliphatic heterocycles. The molecule has 2 saturated carbocycles. The molecule has 30 heavy (non-hydrogen) atoms. The van der Waals surface area contributed by atoms with Gasteiger partial charge in [-0.1, -0.05) is 26.2 Å². The number of anilines is 1. The van der Waals surface area contributed by atoms with E-state index in [9.17, 15) is 4.79 Å². The van der Waals surface area contributed by atoms with Crippen LogP contribution in [0.5, 0.6) is 0 Å².